The molecule has 0 spiro atoms. The Balaban J connectivity index is 2.00. The van der Waals surface area contributed by atoms with Crippen molar-refractivity contribution >= 4 is 46.3 Å². The van der Waals surface area contributed by atoms with Gasteiger partial charge in [-0.25, -0.2) is 0 Å². The van der Waals surface area contributed by atoms with Gasteiger partial charge >= 0.3 is 0 Å². The third kappa shape index (κ3) is 11.0. The highest BCUT2D eigenvalue weighted by molar-refractivity contribution is 5.96. The number of amides is 6. The summed E-state index contributed by atoms with van der Waals surface area (Å²) in [6.45, 7) is 20.0. The molecule has 0 unspecified atom stereocenters. The summed E-state index contributed by atoms with van der Waals surface area (Å²) in [5.74, 6) is -2.70. The zero-order valence-electron chi connectivity index (χ0n) is 35.2. The minimum absolute atomic E-state index is 0.0330. The Labute approximate surface area is 332 Å². The van der Waals surface area contributed by atoms with Gasteiger partial charge in [0.2, 0.25) is 35.4 Å². The van der Waals surface area contributed by atoms with Crippen LogP contribution in [-0.4, -0.2) is 115 Å². The lowest BCUT2D eigenvalue weighted by Crippen LogP contribution is -2.60. The van der Waals surface area contributed by atoms with Gasteiger partial charge in [0.1, 0.15) is 30.2 Å². The van der Waals surface area contributed by atoms with E-state index in [1.807, 2.05) is 75.4 Å². The minimum Gasteiger partial charge on any atom is -0.368 e. The summed E-state index contributed by atoms with van der Waals surface area (Å²) < 4.78 is 0. The van der Waals surface area contributed by atoms with Crippen LogP contribution >= 0.6 is 0 Å². The number of hydrogen-bond acceptors (Lipinski definition) is 6. The van der Waals surface area contributed by atoms with Gasteiger partial charge in [-0.3, -0.25) is 28.8 Å². The lowest BCUT2D eigenvalue weighted by molar-refractivity contribution is -0.156. The molecule has 0 aliphatic rings. The van der Waals surface area contributed by atoms with E-state index in [-0.39, 0.29) is 44.0 Å². The quantitative estimate of drug-likeness (QED) is 0.186. The summed E-state index contributed by atoms with van der Waals surface area (Å²) in [6, 6.07) is 12.2. The predicted octanol–water partition coefficient (Wildman–Crippen LogP) is 4.93. The molecule has 3 aromatic rings. The van der Waals surface area contributed by atoms with E-state index in [4.69, 9.17) is 5.73 Å². The zero-order valence-corrected chi connectivity index (χ0v) is 35.2. The van der Waals surface area contributed by atoms with E-state index >= 15 is 0 Å². The smallest absolute Gasteiger partial charge is 0.246 e. The lowest BCUT2D eigenvalue weighted by atomic mass is 9.91. The highest BCUT2D eigenvalue weighted by Crippen LogP contribution is 2.25. The van der Waals surface area contributed by atoms with Crippen molar-refractivity contribution in [2.45, 2.75) is 126 Å². The third-order valence-corrected chi connectivity index (χ3v) is 10.7. The first kappa shape index (κ1) is 45.2. The van der Waals surface area contributed by atoms with Crippen LogP contribution in [-0.2, 0) is 41.9 Å². The number of carbonyl (C=O) groups excluding carboxylic acids is 6. The average molecular weight is 774 g/mol. The number of carbonyl (C=O) groups is 6. The fourth-order valence-corrected chi connectivity index (χ4v) is 6.99. The Morgan fingerprint density at radius 2 is 1.09 bits per heavy atom. The Morgan fingerprint density at radius 3 is 1.59 bits per heavy atom. The molecular formula is C43H63N7O6. The van der Waals surface area contributed by atoms with Crippen molar-refractivity contribution in [2.75, 3.05) is 19.6 Å². The third-order valence-electron chi connectivity index (χ3n) is 10.7. The van der Waals surface area contributed by atoms with Gasteiger partial charge in [0.05, 0.1) is 0 Å². The monoisotopic (exact) mass is 773 g/mol. The van der Waals surface area contributed by atoms with Crippen LogP contribution in [0.3, 0.4) is 0 Å². The van der Waals surface area contributed by atoms with Crippen molar-refractivity contribution in [1.82, 2.24) is 29.5 Å². The first-order valence-corrected chi connectivity index (χ1v) is 19.6. The number of H-pyrrole nitrogens is 1. The highest BCUT2D eigenvalue weighted by atomic mass is 16.2. The second kappa shape index (κ2) is 19.6. The molecule has 0 aliphatic carbocycles. The van der Waals surface area contributed by atoms with Crippen LogP contribution in [0, 0.1) is 5.41 Å². The fourth-order valence-electron chi connectivity index (χ4n) is 6.99. The molecule has 5 atom stereocenters. The number of hydrogen-bond donors (Lipinski definition) is 2. The van der Waals surface area contributed by atoms with Gasteiger partial charge in [0, 0.05) is 56.7 Å². The van der Waals surface area contributed by atoms with Gasteiger partial charge in [0.15, 0.2) is 0 Å². The molecule has 0 saturated heterocycles. The number of nitrogens with two attached hydrogens (primary N) is 1. The van der Waals surface area contributed by atoms with Crippen LogP contribution in [0.4, 0.5) is 0 Å². The Bertz CT molecular complexity index is 1840. The number of fused-ring (bicyclic) bond motifs is 1. The summed E-state index contributed by atoms with van der Waals surface area (Å²) in [4.78, 5) is 93.3. The average Bonchev–Trinajstić information content (AvgIpc) is 3.57. The number of aromatic nitrogens is 1. The number of primary amides is 1. The molecule has 0 aliphatic heterocycles. The van der Waals surface area contributed by atoms with E-state index in [2.05, 4.69) is 4.98 Å². The van der Waals surface area contributed by atoms with Crippen molar-refractivity contribution in [1.29, 1.82) is 0 Å². The van der Waals surface area contributed by atoms with Crippen LogP contribution in [0.1, 0.15) is 93.7 Å². The number of likely N-dealkylation sites (N-methyl/N-ethyl adjacent to an activating group) is 2. The number of nitrogens with one attached hydrogen (secondary N) is 1. The molecule has 306 valence electrons. The van der Waals surface area contributed by atoms with E-state index in [0.29, 0.717) is 6.42 Å². The predicted molar refractivity (Wildman–Crippen MR) is 219 cm³/mol. The molecule has 2 aromatic carbocycles. The number of aromatic amines is 1. The Kier molecular flexibility index (Phi) is 15.8. The highest BCUT2D eigenvalue weighted by Gasteiger charge is 2.40. The van der Waals surface area contributed by atoms with Gasteiger partial charge < -0.3 is 35.2 Å². The Morgan fingerprint density at radius 1 is 0.625 bits per heavy atom. The van der Waals surface area contributed by atoms with Crippen LogP contribution in [0.25, 0.3) is 10.9 Å². The molecule has 6 amide bonds. The van der Waals surface area contributed by atoms with Crippen molar-refractivity contribution in [3.8, 4) is 0 Å². The van der Waals surface area contributed by atoms with Crippen molar-refractivity contribution in [2.24, 2.45) is 11.1 Å². The second-order valence-corrected chi connectivity index (χ2v) is 15.8. The largest absolute Gasteiger partial charge is 0.368 e. The molecule has 0 bridgehead atoms. The van der Waals surface area contributed by atoms with Crippen molar-refractivity contribution < 1.29 is 28.8 Å². The first-order valence-electron chi connectivity index (χ1n) is 19.6. The van der Waals surface area contributed by atoms with Gasteiger partial charge in [-0.05, 0) is 77.5 Å². The van der Waals surface area contributed by atoms with E-state index in [1.165, 1.54) is 31.4 Å². The summed E-state index contributed by atoms with van der Waals surface area (Å²) in [5.41, 5.74) is 8.03. The van der Waals surface area contributed by atoms with E-state index < -0.39 is 59.7 Å². The lowest BCUT2D eigenvalue weighted by Gasteiger charge is -2.40. The van der Waals surface area contributed by atoms with Crippen LogP contribution in [0.5, 0.6) is 0 Å². The van der Waals surface area contributed by atoms with Crippen molar-refractivity contribution in [3.63, 3.8) is 0 Å². The molecular weight excluding hydrogens is 711 g/mol. The summed E-state index contributed by atoms with van der Waals surface area (Å²) in [5, 5.41) is 0.874. The number of benzene rings is 2. The summed E-state index contributed by atoms with van der Waals surface area (Å²) in [7, 11) is 0. The van der Waals surface area contributed by atoms with Gasteiger partial charge in [-0.15, -0.1) is 0 Å². The van der Waals surface area contributed by atoms with Gasteiger partial charge in [0.25, 0.3) is 0 Å². The molecule has 0 radical (unpaired) electrons. The van der Waals surface area contributed by atoms with E-state index in [1.54, 1.807) is 54.7 Å². The second-order valence-electron chi connectivity index (χ2n) is 15.8. The maximum absolute atomic E-state index is 14.8. The molecule has 3 rings (SSSR count). The van der Waals surface area contributed by atoms with E-state index in [9.17, 15) is 28.8 Å². The molecule has 1 heterocycles. The standard InChI is InChI=1S/C43H63N7O6/c1-12-46(29(4)41(55)48(28(3)38(44)52)24-23-43(9,10)11)40(54)32(7)50(27-35-25-45-37-22-18-17-21-36(35)37)42(56)30(5)47(13-2)39(53)31(6)49(33(8)51)26-34-19-15-14-16-20-34/h14-22,25,28-32,45H,12-13,23-24,26-27H2,1-11H3,(H2,44,52)/t28-,29-,30-,31-,32-/m0/s1. The zero-order chi connectivity index (χ0) is 42.1. The molecule has 0 saturated carbocycles. The maximum atomic E-state index is 14.8. The van der Waals surface area contributed by atoms with Crippen LogP contribution in [0.2, 0.25) is 0 Å². The summed E-state index contributed by atoms with van der Waals surface area (Å²) >= 11 is 0. The first-order chi connectivity index (χ1) is 26.2. The number of para-hydroxylation sites is 1. The molecule has 0 fully saturated rings. The molecule has 13 heteroatoms. The topological polar surface area (TPSA) is 160 Å². The van der Waals surface area contributed by atoms with Gasteiger partial charge in [-0.1, -0.05) is 69.3 Å². The van der Waals surface area contributed by atoms with E-state index in [0.717, 1.165) is 22.0 Å². The normalized spacial score (nSPS) is 14.2. The molecule has 13 nitrogen and oxygen atoms in total. The maximum Gasteiger partial charge on any atom is 0.246 e. The SMILES string of the molecule is CCN(C(=O)[C@H](C)N(Cc1ccccc1)C(C)=O)[C@@H](C)C(=O)N(Cc1c[nH]c2ccccc12)[C@@H](C)C(=O)N(CC)[C@@H](C)C(=O)N(CCC(C)(C)C)[C@@H](C)C(N)=O. The number of nitrogens with zero attached hydrogens (tertiary/aromatic N) is 5. The fraction of sp³-hybridized carbons (Fsp3) is 0.535. The minimum atomic E-state index is -1.07. The molecule has 1 aromatic heterocycles. The Hall–Kier alpha value is -5.20. The van der Waals surface area contributed by atoms with Crippen molar-refractivity contribution in [3.05, 3.63) is 71.9 Å². The van der Waals surface area contributed by atoms with Crippen LogP contribution < -0.4 is 5.73 Å². The molecule has 3 N–H and O–H groups in total. The number of rotatable bonds is 18. The summed E-state index contributed by atoms with van der Waals surface area (Å²) in [6.07, 6.45) is 2.40. The van der Waals surface area contributed by atoms with Crippen LogP contribution in [0.15, 0.2) is 60.8 Å². The van der Waals surface area contributed by atoms with Gasteiger partial charge in [-0.2, -0.15) is 0 Å². The molecule has 56 heavy (non-hydrogen) atoms.